The maximum atomic E-state index is 11.5. The van der Waals surface area contributed by atoms with E-state index in [-0.39, 0.29) is 5.69 Å². The van der Waals surface area contributed by atoms with Crippen molar-refractivity contribution < 1.29 is 16.8 Å². The molecule has 0 aliphatic heterocycles. The van der Waals surface area contributed by atoms with E-state index in [0.717, 1.165) is 6.26 Å². The summed E-state index contributed by atoms with van der Waals surface area (Å²) in [6, 6.07) is 6.14. The minimum atomic E-state index is -3.92. The van der Waals surface area contributed by atoms with Gasteiger partial charge in [-0.15, -0.1) is 6.42 Å². The van der Waals surface area contributed by atoms with E-state index >= 15 is 0 Å². The van der Waals surface area contributed by atoms with Crippen molar-refractivity contribution in [3.8, 4) is 12.3 Å². The molecule has 0 bridgehead atoms. The summed E-state index contributed by atoms with van der Waals surface area (Å²) < 4.78 is 46.9. The van der Waals surface area contributed by atoms with Gasteiger partial charge in [0.05, 0.1) is 0 Å². The number of sulfone groups is 1. The molecule has 0 unspecified atom stereocenters. The third kappa shape index (κ3) is 4.89. The van der Waals surface area contributed by atoms with Gasteiger partial charge in [0.15, 0.2) is 14.9 Å². The molecule has 0 amide bonds. The van der Waals surface area contributed by atoms with Gasteiger partial charge in [-0.2, -0.15) is 0 Å². The Hall–Kier alpha value is -1.52. The van der Waals surface area contributed by atoms with Crippen LogP contribution in [0.4, 0.5) is 5.69 Å². The fourth-order valence-corrected chi connectivity index (χ4v) is 4.14. The van der Waals surface area contributed by atoms with Crippen LogP contribution in [0.3, 0.4) is 0 Å². The number of anilines is 1. The first kappa shape index (κ1) is 13.5. The highest BCUT2D eigenvalue weighted by atomic mass is 32.3. The fraction of sp³-hybridized carbons (Fsp3) is 0.200. The van der Waals surface area contributed by atoms with Crippen molar-refractivity contribution in [2.24, 2.45) is 0 Å². The number of sulfonamides is 1. The van der Waals surface area contributed by atoms with E-state index in [1.165, 1.54) is 12.1 Å². The zero-order valence-corrected chi connectivity index (χ0v) is 10.7. The molecule has 0 aliphatic rings. The molecule has 0 saturated carbocycles. The third-order valence-electron chi connectivity index (χ3n) is 1.67. The Morgan fingerprint density at radius 2 is 1.94 bits per heavy atom. The van der Waals surface area contributed by atoms with Crippen molar-refractivity contribution >= 4 is 25.5 Å². The zero-order chi connectivity index (χ0) is 13.1. The first-order valence-corrected chi connectivity index (χ1v) is 8.18. The summed E-state index contributed by atoms with van der Waals surface area (Å²) in [5.74, 6) is 2.35. The quantitative estimate of drug-likeness (QED) is 0.806. The van der Waals surface area contributed by atoms with Crippen LogP contribution in [0.2, 0.25) is 0 Å². The minimum absolute atomic E-state index is 0.240. The van der Waals surface area contributed by atoms with Crippen LogP contribution in [0.5, 0.6) is 0 Å². The number of benzene rings is 1. The van der Waals surface area contributed by atoms with Crippen LogP contribution in [-0.4, -0.2) is 28.2 Å². The van der Waals surface area contributed by atoms with Gasteiger partial charge < -0.3 is 0 Å². The van der Waals surface area contributed by atoms with Crippen molar-refractivity contribution in [1.82, 2.24) is 0 Å². The van der Waals surface area contributed by atoms with E-state index in [2.05, 4.69) is 10.6 Å². The highest BCUT2D eigenvalue weighted by molar-refractivity contribution is 8.08. The van der Waals surface area contributed by atoms with Gasteiger partial charge in [0.25, 0.3) is 0 Å². The molecule has 1 N–H and O–H groups in total. The molecule has 5 nitrogen and oxygen atoms in total. The SMILES string of the molecule is C#Cc1cccc(NS(=O)(=O)CS(C)(=O)=O)c1. The second-order valence-corrected chi connectivity index (χ2v) is 7.71. The standard InChI is InChI=1S/C10H11NO4S2/c1-3-9-5-4-6-10(7-9)11-17(14,15)8-16(2,12)13/h1,4-7,11H,8H2,2H3. The lowest BCUT2D eigenvalue weighted by Gasteiger charge is -2.07. The molecule has 0 fully saturated rings. The van der Waals surface area contributed by atoms with Gasteiger partial charge in [0.2, 0.25) is 10.0 Å². The summed E-state index contributed by atoms with van der Waals surface area (Å²) >= 11 is 0. The van der Waals surface area contributed by atoms with Crippen molar-refractivity contribution in [2.75, 3.05) is 16.1 Å². The monoisotopic (exact) mass is 273 g/mol. The molecule has 1 aromatic rings. The maximum absolute atomic E-state index is 11.5. The van der Waals surface area contributed by atoms with E-state index in [1.807, 2.05) is 0 Å². The van der Waals surface area contributed by atoms with Gasteiger partial charge in [-0.1, -0.05) is 12.0 Å². The van der Waals surface area contributed by atoms with E-state index < -0.39 is 24.9 Å². The molecule has 0 radical (unpaired) electrons. The first-order valence-electron chi connectivity index (χ1n) is 4.47. The van der Waals surface area contributed by atoms with Crippen LogP contribution in [0, 0.1) is 12.3 Å². The van der Waals surface area contributed by atoms with Gasteiger partial charge in [-0.3, -0.25) is 4.72 Å². The van der Waals surface area contributed by atoms with Gasteiger partial charge in [-0.25, -0.2) is 16.8 Å². The molecule has 0 aliphatic carbocycles. The Labute approximate surface area is 101 Å². The van der Waals surface area contributed by atoms with E-state index in [9.17, 15) is 16.8 Å². The Bertz CT molecular complexity index is 654. The van der Waals surface area contributed by atoms with Crippen molar-refractivity contribution in [1.29, 1.82) is 0 Å². The molecular formula is C10H11NO4S2. The zero-order valence-electron chi connectivity index (χ0n) is 9.04. The second kappa shape index (κ2) is 4.77. The number of hydrogen-bond donors (Lipinski definition) is 1. The molecule has 0 spiro atoms. The Morgan fingerprint density at radius 3 is 2.47 bits per heavy atom. The second-order valence-electron chi connectivity index (χ2n) is 3.49. The number of hydrogen-bond acceptors (Lipinski definition) is 4. The first-order chi connectivity index (χ1) is 7.72. The molecule has 92 valence electrons. The molecule has 0 aromatic heterocycles. The lowest BCUT2D eigenvalue weighted by Crippen LogP contribution is -2.22. The number of terminal acetylenes is 1. The molecule has 0 heterocycles. The lowest BCUT2D eigenvalue weighted by atomic mass is 10.2. The Balaban J connectivity index is 2.95. The van der Waals surface area contributed by atoms with E-state index in [0.29, 0.717) is 5.56 Å². The van der Waals surface area contributed by atoms with E-state index in [1.54, 1.807) is 12.1 Å². The highest BCUT2D eigenvalue weighted by Crippen LogP contribution is 2.12. The molecule has 1 aromatic carbocycles. The van der Waals surface area contributed by atoms with Crippen LogP contribution in [0.15, 0.2) is 24.3 Å². The van der Waals surface area contributed by atoms with Crippen LogP contribution in [-0.2, 0) is 19.9 Å². The van der Waals surface area contributed by atoms with Crippen molar-refractivity contribution in [3.05, 3.63) is 29.8 Å². The summed E-state index contributed by atoms with van der Waals surface area (Å²) in [5.41, 5.74) is 0.744. The minimum Gasteiger partial charge on any atom is -0.283 e. The average molecular weight is 273 g/mol. The summed E-state index contributed by atoms with van der Waals surface area (Å²) in [7, 11) is -7.53. The molecule has 1 rings (SSSR count). The van der Waals surface area contributed by atoms with Crippen molar-refractivity contribution in [3.63, 3.8) is 0 Å². The molecule has 0 saturated heterocycles. The summed E-state index contributed by atoms with van der Waals surface area (Å²) in [6.45, 7) is 0. The predicted octanol–water partition coefficient (Wildman–Crippen LogP) is 0.412. The number of nitrogens with one attached hydrogen (secondary N) is 1. The van der Waals surface area contributed by atoms with E-state index in [4.69, 9.17) is 6.42 Å². The van der Waals surface area contributed by atoms with Gasteiger partial charge in [0.1, 0.15) is 0 Å². The van der Waals surface area contributed by atoms with Crippen LogP contribution >= 0.6 is 0 Å². The van der Waals surface area contributed by atoms with Crippen LogP contribution in [0.1, 0.15) is 5.56 Å². The highest BCUT2D eigenvalue weighted by Gasteiger charge is 2.17. The van der Waals surface area contributed by atoms with Gasteiger partial charge in [-0.05, 0) is 18.2 Å². The number of rotatable bonds is 4. The topological polar surface area (TPSA) is 80.3 Å². The smallest absolute Gasteiger partial charge is 0.247 e. The molecule has 17 heavy (non-hydrogen) atoms. The maximum Gasteiger partial charge on any atom is 0.247 e. The fourth-order valence-electron chi connectivity index (χ4n) is 1.16. The normalized spacial score (nSPS) is 11.8. The van der Waals surface area contributed by atoms with Gasteiger partial charge in [0, 0.05) is 17.5 Å². The van der Waals surface area contributed by atoms with Gasteiger partial charge >= 0.3 is 0 Å². The predicted molar refractivity (Wildman–Crippen MR) is 66.6 cm³/mol. The average Bonchev–Trinajstić information content (AvgIpc) is 2.13. The van der Waals surface area contributed by atoms with Crippen LogP contribution in [0.25, 0.3) is 0 Å². The molecular weight excluding hydrogens is 262 g/mol. The summed E-state index contributed by atoms with van der Waals surface area (Å²) in [6.07, 6.45) is 6.01. The molecule has 7 heteroatoms. The summed E-state index contributed by atoms with van der Waals surface area (Å²) in [5, 5.41) is -0.958. The Kier molecular flexibility index (Phi) is 3.80. The third-order valence-corrected chi connectivity index (χ3v) is 5.17. The van der Waals surface area contributed by atoms with Crippen LogP contribution < -0.4 is 4.72 Å². The lowest BCUT2D eigenvalue weighted by molar-refractivity contribution is 0.595. The Morgan fingerprint density at radius 1 is 1.29 bits per heavy atom. The van der Waals surface area contributed by atoms with Crippen molar-refractivity contribution in [2.45, 2.75) is 0 Å². The molecule has 0 atom stereocenters. The largest absolute Gasteiger partial charge is 0.283 e. The summed E-state index contributed by atoms with van der Waals surface area (Å²) in [4.78, 5) is 0.